The smallest absolute Gasteiger partial charge is 0.159 e. The number of nitrogens with zero attached hydrogens (tertiary/aromatic N) is 2. The van der Waals surface area contributed by atoms with Gasteiger partial charge in [0.15, 0.2) is 5.65 Å². The number of pyridine rings is 2. The van der Waals surface area contributed by atoms with Crippen molar-refractivity contribution in [3.63, 3.8) is 0 Å². The lowest BCUT2D eigenvalue weighted by Gasteiger charge is -2.15. The molecule has 2 aromatic heterocycles. The van der Waals surface area contributed by atoms with Crippen molar-refractivity contribution in [3.8, 4) is 0 Å². The van der Waals surface area contributed by atoms with E-state index < -0.39 is 0 Å². The second-order valence-corrected chi connectivity index (χ2v) is 5.08. The van der Waals surface area contributed by atoms with E-state index in [0.29, 0.717) is 0 Å². The Morgan fingerprint density at radius 2 is 2.16 bits per heavy atom. The highest BCUT2D eigenvalue weighted by Gasteiger charge is 2.05. The summed E-state index contributed by atoms with van der Waals surface area (Å²) in [7, 11) is 0. The molecule has 2 aromatic rings. The lowest BCUT2D eigenvalue weighted by atomic mass is 10.2. The van der Waals surface area contributed by atoms with Gasteiger partial charge in [-0.3, -0.25) is 0 Å². The van der Waals surface area contributed by atoms with Crippen molar-refractivity contribution in [2.75, 3.05) is 12.0 Å². The lowest BCUT2D eigenvalue weighted by Crippen LogP contribution is -2.19. The summed E-state index contributed by atoms with van der Waals surface area (Å²) in [6, 6.07) is 6.20. The molecule has 102 valence electrons. The van der Waals surface area contributed by atoms with E-state index in [1.807, 2.05) is 16.9 Å². The first-order valence-corrected chi connectivity index (χ1v) is 7.42. The van der Waals surface area contributed by atoms with Crippen LogP contribution in [0.5, 0.6) is 0 Å². The molecule has 0 aromatic carbocycles. The van der Waals surface area contributed by atoms with Crippen molar-refractivity contribution in [3.05, 3.63) is 34.6 Å². The molecular weight excluding hydrogens is 254 g/mol. The minimum atomic E-state index is 0.852. The standard InChI is InChI=1S/C15H21N3S/c1-3-5-6-10-17-18-14-13(8-7-9-16-14)11-12(4-2)15(18)19/h7-9,11,17H,3-6,10H2,1-2H3. The summed E-state index contributed by atoms with van der Waals surface area (Å²) >= 11 is 5.56. The van der Waals surface area contributed by atoms with Crippen molar-refractivity contribution in [2.24, 2.45) is 0 Å². The Bertz CT molecular complexity index is 604. The topological polar surface area (TPSA) is 29.9 Å². The number of aromatic nitrogens is 2. The molecule has 0 bridgehead atoms. The first kappa shape index (κ1) is 14.0. The fourth-order valence-electron chi connectivity index (χ4n) is 2.16. The molecule has 0 aliphatic rings. The van der Waals surface area contributed by atoms with Crippen LogP contribution in [0.15, 0.2) is 24.4 Å². The number of hydrogen-bond acceptors (Lipinski definition) is 3. The van der Waals surface area contributed by atoms with Gasteiger partial charge in [0.05, 0.1) is 0 Å². The van der Waals surface area contributed by atoms with Crippen molar-refractivity contribution >= 4 is 23.3 Å². The largest absolute Gasteiger partial charge is 0.323 e. The molecule has 1 N–H and O–H groups in total. The summed E-state index contributed by atoms with van der Waals surface area (Å²) in [5, 5.41) is 1.14. The quantitative estimate of drug-likeness (QED) is 0.637. The maximum absolute atomic E-state index is 5.56. The summed E-state index contributed by atoms with van der Waals surface area (Å²) < 4.78 is 2.82. The molecule has 4 heteroatoms. The van der Waals surface area contributed by atoms with E-state index >= 15 is 0 Å². The molecule has 0 fully saturated rings. The van der Waals surface area contributed by atoms with Gasteiger partial charge in [-0.25, -0.2) is 9.66 Å². The molecular formula is C15H21N3S. The number of fused-ring (bicyclic) bond motifs is 1. The molecule has 0 saturated heterocycles. The highest BCUT2D eigenvalue weighted by atomic mass is 32.1. The maximum Gasteiger partial charge on any atom is 0.159 e. The minimum absolute atomic E-state index is 0.852. The molecule has 2 heterocycles. The van der Waals surface area contributed by atoms with Crippen LogP contribution in [0.1, 0.15) is 38.7 Å². The Balaban J connectivity index is 2.38. The van der Waals surface area contributed by atoms with Crippen LogP contribution in [0.3, 0.4) is 0 Å². The SMILES string of the molecule is CCCCCNn1c(=S)c(CC)cc2cccnc21. The third-order valence-electron chi connectivity index (χ3n) is 3.27. The van der Waals surface area contributed by atoms with Crippen molar-refractivity contribution in [1.29, 1.82) is 0 Å². The fourth-order valence-corrected chi connectivity index (χ4v) is 2.52. The summed E-state index contributed by atoms with van der Waals surface area (Å²) in [5.41, 5.74) is 5.53. The monoisotopic (exact) mass is 275 g/mol. The maximum atomic E-state index is 5.56. The number of nitrogens with one attached hydrogen (secondary N) is 1. The third-order valence-corrected chi connectivity index (χ3v) is 3.71. The highest BCUT2D eigenvalue weighted by Crippen LogP contribution is 2.15. The second-order valence-electron chi connectivity index (χ2n) is 4.70. The molecule has 0 aliphatic heterocycles. The molecule has 0 aliphatic carbocycles. The fraction of sp³-hybridized carbons (Fsp3) is 0.467. The normalized spacial score (nSPS) is 10.8. The van der Waals surface area contributed by atoms with Gasteiger partial charge in [0.2, 0.25) is 0 Å². The van der Waals surface area contributed by atoms with Crippen LogP contribution in [-0.2, 0) is 6.42 Å². The molecule has 2 rings (SSSR count). The average Bonchev–Trinajstić information content (AvgIpc) is 2.45. The Kier molecular flexibility index (Phi) is 4.91. The first-order chi connectivity index (χ1) is 9.27. The summed E-state index contributed by atoms with van der Waals surface area (Å²) in [6.45, 7) is 5.27. The zero-order valence-corrected chi connectivity index (χ0v) is 12.5. The van der Waals surface area contributed by atoms with Crippen LogP contribution in [0.25, 0.3) is 11.0 Å². The minimum Gasteiger partial charge on any atom is -0.323 e. The molecule has 0 radical (unpaired) electrons. The Morgan fingerprint density at radius 3 is 2.89 bits per heavy atom. The van der Waals surface area contributed by atoms with Gasteiger partial charge in [-0.1, -0.05) is 38.9 Å². The molecule has 0 amide bonds. The van der Waals surface area contributed by atoms with E-state index in [-0.39, 0.29) is 0 Å². The number of hydrogen-bond donors (Lipinski definition) is 1. The van der Waals surface area contributed by atoms with Crippen LogP contribution in [0.2, 0.25) is 0 Å². The molecule has 19 heavy (non-hydrogen) atoms. The average molecular weight is 275 g/mol. The Morgan fingerprint density at radius 1 is 1.32 bits per heavy atom. The van der Waals surface area contributed by atoms with E-state index in [9.17, 15) is 0 Å². The molecule has 0 unspecified atom stereocenters. The van der Waals surface area contributed by atoms with Crippen LogP contribution in [0.4, 0.5) is 0 Å². The molecule has 3 nitrogen and oxygen atoms in total. The van der Waals surface area contributed by atoms with Crippen molar-refractivity contribution < 1.29 is 0 Å². The van der Waals surface area contributed by atoms with Gasteiger partial charge in [-0.15, -0.1) is 0 Å². The van der Waals surface area contributed by atoms with Crippen molar-refractivity contribution in [1.82, 2.24) is 9.66 Å². The first-order valence-electron chi connectivity index (χ1n) is 7.01. The van der Waals surface area contributed by atoms with Gasteiger partial charge in [0, 0.05) is 18.1 Å². The van der Waals surface area contributed by atoms with Gasteiger partial charge in [0.1, 0.15) is 4.64 Å². The van der Waals surface area contributed by atoms with Crippen molar-refractivity contribution in [2.45, 2.75) is 39.5 Å². The third kappa shape index (κ3) is 3.13. The second kappa shape index (κ2) is 6.66. The van der Waals surface area contributed by atoms with Gasteiger partial charge >= 0.3 is 0 Å². The van der Waals surface area contributed by atoms with Gasteiger partial charge in [-0.05, 0) is 36.6 Å². The van der Waals surface area contributed by atoms with E-state index in [4.69, 9.17) is 12.2 Å². The highest BCUT2D eigenvalue weighted by molar-refractivity contribution is 7.71. The zero-order valence-electron chi connectivity index (χ0n) is 11.6. The lowest BCUT2D eigenvalue weighted by molar-refractivity contribution is 0.701. The number of unbranched alkanes of at least 4 members (excludes halogenated alkanes) is 2. The number of rotatable bonds is 6. The van der Waals surface area contributed by atoms with Crippen LogP contribution >= 0.6 is 12.2 Å². The Labute approximate surface area is 119 Å². The predicted octanol–water partition coefficient (Wildman–Crippen LogP) is 4.06. The molecule has 0 atom stereocenters. The van der Waals surface area contributed by atoms with Gasteiger partial charge in [0.25, 0.3) is 0 Å². The Hall–Kier alpha value is -1.42. The van der Waals surface area contributed by atoms with E-state index in [1.165, 1.54) is 18.4 Å². The van der Waals surface area contributed by atoms with E-state index in [2.05, 4.69) is 36.4 Å². The summed E-state index contributed by atoms with van der Waals surface area (Å²) in [4.78, 5) is 4.45. The number of aryl methyl sites for hydroxylation is 1. The molecule has 0 saturated carbocycles. The van der Waals surface area contributed by atoms with Crippen LogP contribution < -0.4 is 5.43 Å². The van der Waals surface area contributed by atoms with E-state index in [0.717, 1.165) is 35.1 Å². The summed E-state index contributed by atoms with van der Waals surface area (Å²) in [5.74, 6) is 0. The zero-order chi connectivity index (χ0) is 13.7. The summed E-state index contributed by atoms with van der Waals surface area (Å²) in [6.07, 6.45) is 6.37. The van der Waals surface area contributed by atoms with Crippen LogP contribution in [-0.4, -0.2) is 16.2 Å². The van der Waals surface area contributed by atoms with Gasteiger partial charge < -0.3 is 5.43 Å². The van der Waals surface area contributed by atoms with Crippen LogP contribution in [0, 0.1) is 4.64 Å². The van der Waals surface area contributed by atoms with Gasteiger partial charge in [-0.2, -0.15) is 0 Å². The molecule has 0 spiro atoms. The van der Waals surface area contributed by atoms with E-state index in [1.54, 1.807) is 0 Å². The predicted molar refractivity (Wildman–Crippen MR) is 83.7 cm³/mol.